The lowest BCUT2D eigenvalue weighted by atomic mass is 10.2. The largest absolute Gasteiger partial charge is 0.445 e. The minimum absolute atomic E-state index is 0.0819. The highest BCUT2D eigenvalue weighted by atomic mass is 32.2. The second kappa shape index (κ2) is 6.80. The Balaban J connectivity index is 1.93. The van der Waals surface area contributed by atoms with Gasteiger partial charge in [0.15, 0.2) is 0 Å². The van der Waals surface area contributed by atoms with E-state index in [1.165, 1.54) is 12.1 Å². The Morgan fingerprint density at radius 2 is 1.90 bits per heavy atom. The third-order valence-corrected chi connectivity index (χ3v) is 4.06. The summed E-state index contributed by atoms with van der Waals surface area (Å²) in [6, 6.07) is 6.08. The summed E-state index contributed by atoms with van der Waals surface area (Å²) < 4.78 is 45.7. The molecule has 0 aliphatic heterocycles. The molecule has 1 atom stereocenters. The third kappa shape index (κ3) is 4.63. The summed E-state index contributed by atoms with van der Waals surface area (Å²) >= 11 is 0. The average Bonchev–Trinajstić information content (AvgIpc) is 2.70. The number of halogens is 2. The average molecular weight is 315 g/mol. The Morgan fingerprint density at radius 3 is 2.43 bits per heavy atom. The molecule has 0 aliphatic rings. The summed E-state index contributed by atoms with van der Waals surface area (Å²) in [4.78, 5) is 4.18. The number of ether oxygens (including phenoxy) is 1. The van der Waals surface area contributed by atoms with Crippen molar-refractivity contribution >= 4 is 10.8 Å². The van der Waals surface area contributed by atoms with Crippen molar-refractivity contribution in [1.82, 2.24) is 4.98 Å². The Hall–Kier alpha value is -1.76. The number of rotatable bonds is 6. The van der Waals surface area contributed by atoms with E-state index in [1.807, 2.05) is 6.92 Å². The first-order chi connectivity index (χ1) is 9.94. The van der Waals surface area contributed by atoms with E-state index in [0.717, 1.165) is 17.0 Å². The molecular formula is C14H15F2NO3S. The molecule has 2 rings (SSSR count). The molecule has 0 fully saturated rings. The Labute approximate surface area is 123 Å². The summed E-state index contributed by atoms with van der Waals surface area (Å²) in [5, 5.41) is 0. The van der Waals surface area contributed by atoms with Gasteiger partial charge in [-0.1, -0.05) is 12.1 Å². The van der Waals surface area contributed by atoms with Crippen LogP contribution in [0.25, 0.3) is 0 Å². The number of alkyl halides is 2. The predicted octanol–water partition coefficient (Wildman–Crippen LogP) is 3.34. The molecule has 114 valence electrons. The first-order valence-corrected chi connectivity index (χ1v) is 7.74. The Bertz CT molecular complexity index is 606. The van der Waals surface area contributed by atoms with E-state index in [9.17, 15) is 13.0 Å². The lowest BCUT2D eigenvalue weighted by Gasteiger charge is -2.05. The Morgan fingerprint density at radius 1 is 1.24 bits per heavy atom. The molecule has 0 saturated carbocycles. The maximum Gasteiger partial charge on any atom is 0.387 e. The van der Waals surface area contributed by atoms with Gasteiger partial charge in [0.05, 0.1) is 5.69 Å². The van der Waals surface area contributed by atoms with Crippen LogP contribution < -0.4 is 4.74 Å². The molecule has 0 spiro atoms. The lowest BCUT2D eigenvalue weighted by molar-refractivity contribution is -0.0498. The van der Waals surface area contributed by atoms with Crippen molar-refractivity contribution < 1.29 is 22.1 Å². The number of aryl methyl sites for hydroxylation is 2. The molecule has 1 aromatic carbocycles. The van der Waals surface area contributed by atoms with Gasteiger partial charge in [-0.15, -0.1) is 0 Å². The molecule has 0 bridgehead atoms. The fourth-order valence-corrected chi connectivity index (χ4v) is 2.81. The van der Waals surface area contributed by atoms with Crippen LogP contribution in [0.5, 0.6) is 5.75 Å². The molecule has 1 heterocycles. The van der Waals surface area contributed by atoms with Crippen LogP contribution in [-0.2, 0) is 22.3 Å². The van der Waals surface area contributed by atoms with Gasteiger partial charge in [-0.25, -0.2) is 4.98 Å². The number of nitrogens with zero attached hydrogens (tertiary/aromatic N) is 1. The standard InChI is InChI=1S/C14H15F2NO3S/c1-9-10(2)19-13(17-9)8-21(18)7-11-3-5-12(6-4-11)20-14(15)16/h3-6,14H,7-8H2,1-2H3/t21-/m1/s1. The SMILES string of the molecule is Cc1nc(C[S@](=O)Cc2ccc(OC(F)F)cc2)oc1C. The number of aromatic nitrogens is 1. The number of oxazole rings is 1. The minimum atomic E-state index is -2.85. The smallest absolute Gasteiger partial charge is 0.387 e. The molecule has 0 aliphatic carbocycles. The molecule has 7 heteroatoms. The summed E-state index contributed by atoms with van der Waals surface area (Å²) in [5.41, 5.74) is 1.56. The van der Waals surface area contributed by atoms with Gasteiger partial charge >= 0.3 is 6.61 Å². The summed E-state index contributed by atoms with van der Waals surface area (Å²) in [6.07, 6.45) is 0. The zero-order valence-corrected chi connectivity index (χ0v) is 12.5. The van der Waals surface area contributed by atoms with Crippen LogP contribution in [0.4, 0.5) is 8.78 Å². The van der Waals surface area contributed by atoms with Crippen molar-refractivity contribution in [3.63, 3.8) is 0 Å². The van der Waals surface area contributed by atoms with Crippen LogP contribution in [0.3, 0.4) is 0 Å². The normalized spacial score (nSPS) is 12.6. The first kappa shape index (κ1) is 15.6. The highest BCUT2D eigenvalue weighted by Crippen LogP contribution is 2.17. The fraction of sp³-hybridized carbons (Fsp3) is 0.357. The number of hydrogen-bond acceptors (Lipinski definition) is 4. The van der Waals surface area contributed by atoms with Crippen molar-refractivity contribution in [2.75, 3.05) is 0 Å². The van der Waals surface area contributed by atoms with Crippen molar-refractivity contribution in [2.45, 2.75) is 32.0 Å². The van der Waals surface area contributed by atoms with Crippen molar-refractivity contribution in [3.8, 4) is 5.75 Å². The van der Waals surface area contributed by atoms with Gasteiger partial charge in [-0.05, 0) is 31.5 Å². The highest BCUT2D eigenvalue weighted by molar-refractivity contribution is 7.83. The van der Waals surface area contributed by atoms with E-state index < -0.39 is 17.4 Å². The van der Waals surface area contributed by atoms with E-state index in [2.05, 4.69) is 9.72 Å². The minimum Gasteiger partial charge on any atom is -0.445 e. The molecule has 0 radical (unpaired) electrons. The van der Waals surface area contributed by atoms with Crippen LogP contribution in [0, 0.1) is 13.8 Å². The molecular weight excluding hydrogens is 300 g/mol. The van der Waals surface area contributed by atoms with Gasteiger partial charge in [0.25, 0.3) is 0 Å². The summed E-state index contributed by atoms with van der Waals surface area (Å²) in [5.74, 6) is 1.77. The van der Waals surface area contributed by atoms with Gasteiger partial charge in [-0.3, -0.25) is 4.21 Å². The van der Waals surface area contributed by atoms with Crippen LogP contribution in [0.1, 0.15) is 22.9 Å². The maximum absolute atomic E-state index is 12.0. The van der Waals surface area contributed by atoms with Crippen LogP contribution in [0.15, 0.2) is 28.7 Å². The van der Waals surface area contributed by atoms with Crippen molar-refractivity contribution in [1.29, 1.82) is 0 Å². The summed E-state index contributed by atoms with van der Waals surface area (Å²) in [6.45, 7) is 0.783. The van der Waals surface area contributed by atoms with E-state index in [1.54, 1.807) is 19.1 Å². The predicted molar refractivity (Wildman–Crippen MR) is 74.6 cm³/mol. The van der Waals surface area contributed by atoms with Crippen LogP contribution >= 0.6 is 0 Å². The zero-order chi connectivity index (χ0) is 15.4. The molecule has 0 saturated heterocycles. The fourth-order valence-electron chi connectivity index (χ4n) is 1.74. The van der Waals surface area contributed by atoms with E-state index in [4.69, 9.17) is 4.42 Å². The number of benzene rings is 1. The van der Waals surface area contributed by atoms with Gasteiger partial charge < -0.3 is 9.15 Å². The zero-order valence-electron chi connectivity index (χ0n) is 11.6. The lowest BCUT2D eigenvalue weighted by Crippen LogP contribution is -2.03. The molecule has 0 unspecified atom stereocenters. The second-order valence-electron chi connectivity index (χ2n) is 4.50. The van der Waals surface area contributed by atoms with Gasteiger partial charge in [0.1, 0.15) is 17.3 Å². The quantitative estimate of drug-likeness (QED) is 0.820. The molecule has 1 aromatic heterocycles. The summed E-state index contributed by atoms with van der Waals surface area (Å²) in [7, 11) is -1.18. The third-order valence-electron chi connectivity index (χ3n) is 2.83. The highest BCUT2D eigenvalue weighted by Gasteiger charge is 2.11. The second-order valence-corrected chi connectivity index (χ2v) is 5.96. The van der Waals surface area contributed by atoms with Gasteiger partial charge in [-0.2, -0.15) is 8.78 Å². The monoisotopic (exact) mass is 315 g/mol. The molecule has 4 nitrogen and oxygen atoms in total. The van der Waals surface area contributed by atoms with Crippen LogP contribution in [0.2, 0.25) is 0 Å². The molecule has 2 aromatic rings. The van der Waals surface area contributed by atoms with E-state index in [-0.39, 0.29) is 11.5 Å². The Kier molecular flexibility index (Phi) is 5.06. The topological polar surface area (TPSA) is 52.3 Å². The van der Waals surface area contributed by atoms with E-state index in [0.29, 0.717) is 11.6 Å². The number of hydrogen-bond donors (Lipinski definition) is 0. The molecule has 21 heavy (non-hydrogen) atoms. The van der Waals surface area contributed by atoms with Crippen LogP contribution in [-0.4, -0.2) is 15.8 Å². The first-order valence-electron chi connectivity index (χ1n) is 6.25. The molecule has 0 N–H and O–H groups in total. The van der Waals surface area contributed by atoms with Crippen molar-refractivity contribution in [3.05, 3.63) is 47.2 Å². The van der Waals surface area contributed by atoms with Gasteiger partial charge in [0.2, 0.25) is 5.89 Å². The van der Waals surface area contributed by atoms with Crippen molar-refractivity contribution in [2.24, 2.45) is 0 Å². The van der Waals surface area contributed by atoms with E-state index >= 15 is 0 Å². The van der Waals surface area contributed by atoms with Gasteiger partial charge in [0, 0.05) is 16.6 Å². The molecule has 0 amide bonds. The maximum atomic E-state index is 12.0.